The fourth-order valence-corrected chi connectivity index (χ4v) is 4.64. The summed E-state index contributed by atoms with van der Waals surface area (Å²) >= 11 is 0. The number of hydrogen-bond acceptors (Lipinski definition) is 8. The molecule has 4 heterocycles. The third kappa shape index (κ3) is 4.06. The van der Waals surface area contributed by atoms with Gasteiger partial charge in [0.15, 0.2) is 0 Å². The van der Waals surface area contributed by atoms with Crippen molar-refractivity contribution in [2.45, 2.75) is 20.1 Å². The highest BCUT2D eigenvalue weighted by Gasteiger charge is 2.50. The third-order valence-electron chi connectivity index (χ3n) is 6.31. The molecule has 5 rings (SSSR count). The van der Waals surface area contributed by atoms with Crippen molar-refractivity contribution < 1.29 is 19.1 Å². The molecule has 2 saturated heterocycles. The highest BCUT2D eigenvalue weighted by molar-refractivity contribution is 5.64. The topological polar surface area (TPSA) is 93.7 Å². The summed E-state index contributed by atoms with van der Waals surface area (Å²) < 4.78 is 16.9. The van der Waals surface area contributed by atoms with Crippen molar-refractivity contribution in [1.82, 2.24) is 20.0 Å². The molecular formula is C23H26N4O4. The summed E-state index contributed by atoms with van der Waals surface area (Å²) in [6, 6.07) is 8.03. The second-order valence-corrected chi connectivity index (χ2v) is 8.57. The van der Waals surface area contributed by atoms with Crippen LogP contribution < -0.4 is 4.74 Å². The SMILES string of the molecule is Cc1cc(COc2ccc(-c3cncnc3)cc2CN2C[C@H]3COC[C@@]3(CO)C2)no1. The lowest BCUT2D eigenvalue weighted by Gasteiger charge is -2.25. The van der Waals surface area contributed by atoms with Gasteiger partial charge in [0.1, 0.15) is 30.1 Å². The maximum absolute atomic E-state index is 10.0. The molecule has 8 nitrogen and oxygen atoms in total. The fourth-order valence-electron chi connectivity index (χ4n) is 4.64. The average Bonchev–Trinajstić information content (AvgIpc) is 3.47. The van der Waals surface area contributed by atoms with Crippen LogP contribution in [-0.4, -0.2) is 58.0 Å². The maximum atomic E-state index is 10.0. The number of benzene rings is 1. The van der Waals surface area contributed by atoms with Crippen molar-refractivity contribution in [2.24, 2.45) is 11.3 Å². The molecule has 1 N–H and O–H groups in total. The molecule has 162 valence electrons. The molecule has 2 aliphatic heterocycles. The Labute approximate surface area is 180 Å². The van der Waals surface area contributed by atoms with Crippen LogP contribution in [0.5, 0.6) is 5.75 Å². The number of likely N-dealkylation sites (tertiary alicyclic amines) is 1. The van der Waals surface area contributed by atoms with Crippen LogP contribution >= 0.6 is 0 Å². The van der Waals surface area contributed by atoms with Crippen LogP contribution in [0.15, 0.2) is 47.5 Å². The Bertz CT molecular complexity index is 1040. The molecule has 3 aromatic rings. The highest BCUT2D eigenvalue weighted by Crippen LogP contribution is 2.42. The first kappa shape index (κ1) is 20.1. The fraction of sp³-hybridized carbons (Fsp3) is 0.435. The van der Waals surface area contributed by atoms with Crippen LogP contribution in [-0.2, 0) is 17.9 Å². The van der Waals surface area contributed by atoms with Gasteiger partial charge in [-0.3, -0.25) is 4.90 Å². The van der Waals surface area contributed by atoms with Crippen LogP contribution in [0, 0.1) is 18.3 Å². The van der Waals surface area contributed by atoms with E-state index in [1.807, 2.05) is 37.5 Å². The van der Waals surface area contributed by atoms with Crippen molar-refractivity contribution in [3.05, 3.63) is 60.0 Å². The number of aromatic nitrogens is 3. The van der Waals surface area contributed by atoms with Crippen LogP contribution in [0.4, 0.5) is 0 Å². The Hall–Kier alpha value is -2.81. The van der Waals surface area contributed by atoms with Crippen LogP contribution in [0.25, 0.3) is 11.1 Å². The lowest BCUT2D eigenvalue weighted by atomic mass is 9.82. The number of rotatable bonds is 7. The van der Waals surface area contributed by atoms with Crippen molar-refractivity contribution in [2.75, 3.05) is 32.9 Å². The first-order chi connectivity index (χ1) is 15.1. The first-order valence-corrected chi connectivity index (χ1v) is 10.5. The van der Waals surface area contributed by atoms with Gasteiger partial charge in [0.2, 0.25) is 0 Å². The summed E-state index contributed by atoms with van der Waals surface area (Å²) in [5.41, 5.74) is 3.69. The van der Waals surface area contributed by atoms with Gasteiger partial charge in [-0.15, -0.1) is 0 Å². The lowest BCUT2D eigenvalue weighted by molar-refractivity contribution is 0.0801. The van der Waals surface area contributed by atoms with Gasteiger partial charge in [0, 0.05) is 60.6 Å². The molecule has 0 amide bonds. The molecule has 31 heavy (non-hydrogen) atoms. The van der Waals surface area contributed by atoms with E-state index in [9.17, 15) is 5.11 Å². The zero-order chi connectivity index (χ0) is 21.3. The molecule has 0 bridgehead atoms. The van der Waals surface area contributed by atoms with E-state index in [1.165, 1.54) is 6.33 Å². The monoisotopic (exact) mass is 422 g/mol. The van der Waals surface area contributed by atoms with E-state index in [0.717, 1.165) is 53.5 Å². The molecule has 2 aliphatic rings. The van der Waals surface area contributed by atoms with E-state index in [4.69, 9.17) is 14.0 Å². The quantitative estimate of drug-likeness (QED) is 0.621. The summed E-state index contributed by atoms with van der Waals surface area (Å²) in [6.07, 6.45) is 5.15. The standard InChI is InChI=1S/C23H26N4O4/c1-16-4-21(26-31-16)11-30-22-3-2-17(19-6-24-15-25-7-19)5-18(22)8-27-9-20-10-29-14-23(20,12-27)13-28/h2-7,15,20,28H,8-14H2,1H3/t20-,23-/m0/s1. The number of nitrogens with zero attached hydrogens (tertiary/aromatic N) is 4. The van der Waals surface area contributed by atoms with E-state index in [0.29, 0.717) is 25.7 Å². The van der Waals surface area contributed by atoms with Crippen LogP contribution in [0.3, 0.4) is 0 Å². The van der Waals surface area contributed by atoms with Gasteiger partial charge in [-0.1, -0.05) is 11.2 Å². The maximum Gasteiger partial charge on any atom is 0.134 e. The molecular weight excluding hydrogens is 396 g/mol. The number of aliphatic hydroxyl groups is 1. The second kappa shape index (κ2) is 8.37. The van der Waals surface area contributed by atoms with Gasteiger partial charge in [0.05, 0.1) is 19.8 Å². The minimum absolute atomic E-state index is 0.149. The first-order valence-electron chi connectivity index (χ1n) is 10.5. The molecule has 2 atom stereocenters. The number of aryl methyl sites for hydroxylation is 1. The van der Waals surface area contributed by atoms with Crippen molar-refractivity contribution >= 4 is 0 Å². The Kier molecular flexibility index (Phi) is 5.43. The molecule has 0 aliphatic carbocycles. The number of fused-ring (bicyclic) bond motifs is 1. The summed E-state index contributed by atoms with van der Waals surface area (Å²) in [5.74, 6) is 1.94. The Balaban J connectivity index is 1.40. The van der Waals surface area contributed by atoms with Gasteiger partial charge in [-0.25, -0.2) is 9.97 Å². The number of aliphatic hydroxyl groups excluding tert-OH is 1. The Morgan fingerprint density at radius 2 is 2.10 bits per heavy atom. The smallest absolute Gasteiger partial charge is 0.134 e. The van der Waals surface area contributed by atoms with E-state index in [2.05, 4.69) is 26.1 Å². The average molecular weight is 422 g/mol. The molecule has 2 aromatic heterocycles. The molecule has 0 saturated carbocycles. The van der Waals surface area contributed by atoms with E-state index in [1.54, 1.807) is 0 Å². The summed E-state index contributed by atoms with van der Waals surface area (Å²) in [4.78, 5) is 10.7. The number of ether oxygens (including phenoxy) is 2. The Morgan fingerprint density at radius 3 is 2.84 bits per heavy atom. The van der Waals surface area contributed by atoms with Crippen molar-refractivity contribution in [3.63, 3.8) is 0 Å². The van der Waals surface area contributed by atoms with Crippen molar-refractivity contribution in [3.8, 4) is 16.9 Å². The second-order valence-electron chi connectivity index (χ2n) is 8.57. The minimum atomic E-state index is -0.149. The predicted molar refractivity (Wildman–Crippen MR) is 112 cm³/mol. The largest absolute Gasteiger partial charge is 0.487 e. The van der Waals surface area contributed by atoms with Gasteiger partial charge in [-0.05, 0) is 24.6 Å². The number of hydrogen-bond donors (Lipinski definition) is 1. The zero-order valence-corrected chi connectivity index (χ0v) is 17.5. The minimum Gasteiger partial charge on any atom is -0.487 e. The van der Waals surface area contributed by atoms with E-state index >= 15 is 0 Å². The van der Waals surface area contributed by atoms with Gasteiger partial charge in [0.25, 0.3) is 0 Å². The molecule has 0 spiro atoms. The van der Waals surface area contributed by atoms with Gasteiger partial charge in [-0.2, -0.15) is 0 Å². The van der Waals surface area contributed by atoms with E-state index < -0.39 is 0 Å². The predicted octanol–water partition coefficient (Wildman–Crippen LogP) is 2.46. The normalized spacial score (nSPS) is 23.2. The molecule has 2 fully saturated rings. The van der Waals surface area contributed by atoms with Crippen LogP contribution in [0.1, 0.15) is 17.0 Å². The van der Waals surface area contributed by atoms with Gasteiger partial charge < -0.3 is 19.1 Å². The molecule has 8 heteroatoms. The summed E-state index contributed by atoms with van der Waals surface area (Å²) in [7, 11) is 0. The van der Waals surface area contributed by atoms with E-state index in [-0.39, 0.29) is 12.0 Å². The molecule has 1 aromatic carbocycles. The Morgan fingerprint density at radius 1 is 1.23 bits per heavy atom. The van der Waals surface area contributed by atoms with Gasteiger partial charge >= 0.3 is 0 Å². The van der Waals surface area contributed by atoms with Crippen molar-refractivity contribution in [1.29, 1.82) is 0 Å². The lowest BCUT2D eigenvalue weighted by Crippen LogP contribution is -2.34. The molecule has 0 radical (unpaired) electrons. The summed E-state index contributed by atoms with van der Waals surface area (Å²) in [6.45, 7) is 6.15. The molecule has 0 unspecified atom stereocenters. The highest BCUT2D eigenvalue weighted by atomic mass is 16.5. The summed E-state index contributed by atoms with van der Waals surface area (Å²) in [5, 5.41) is 14.0. The third-order valence-corrected chi connectivity index (χ3v) is 6.31. The zero-order valence-electron chi connectivity index (χ0n) is 17.5. The van der Waals surface area contributed by atoms with Crippen LogP contribution in [0.2, 0.25) is 0 Å².